The molecular weight excluding hydrogens is 394 g/mol. The molecule has 1 spiro atoms. The van der Waals surface area contributed by atoms with E-state index in [4.69, 9.17) is 14.1 Å². The Bertz CT molecular complexity index is 1080. The maximum absolute atomic E-state index is 6.35. The molecule has 9 heteroatoms. The van der Waals surface area contributed by atoms with Crippen molar-refractivity contribution in [2.24, 2.45) is 7.05 Å². The van der Waals surface area contributed by atoms with Crippen LogP contribution in [0.2, 0.25) is 0 Å². The first-order valence-corrected chi connectivity index (χ1v) is 10.8. The average Bonchev–Trinajstić information content (AvgIpc) is 3.36. The van der Waals surface area contributed by atoms with Crippen LogP contribution >= 0.6 is 0 Å². The highest BCUT2D eigenvalue weighted by Crippen LogP contribution is 2.41. The largest absolute Gasteiger partial charge is 0.418 e. The molecule has 0 aliphatic carbocycles. The molecule has 5 heterocycles. The summed E-state index contributed by atoms with van der Waals surface area (Å²) in [6.45, 7) is 5.21. The third-order valence-corrected chi connectivity index (χ3v) is 6.51. The third kappa shape index (κ3) is 3.61. The van der Waals surface area contributed by atoms with Crippen LogP contribution in [0.25, 0.3) is 11.6 Å². The van der Waals surface area contributed by atoms with Crippen molar-refractivity contribution >= 4 is 5.95 Å². The first-order valence-electron chi connectivity index (χ1n) is 10.8. The Morgan fingerprint density at radius 2 is 1.97 bits per heavy atom. The summed E-state index contributed by atoms with van der Waals surface area (Å²) in [6.07, 6.45) is 4.63. The molecule has 31 heavy (non-hydrogen) atoms. The van der Waals surface area contributed by atoms with E-state index >= 15 is 0 Å². The summed E-state index contributed by atoms with van der Waals surface area (Å²) in [5.41, 5.74) is 4.06. The maximum atomic E-state index is 6.35. The molecule has 0 aromatic carbocycles. The maximum Gasteiger partial charge on any atom is 0.264 e. The SMILES string of the molecule is Cc1ccc(-c2nnc(CN3CCC4(CC3)OCCc3cnc(N(C)C)nc34)o2)n1C. The lowest BCUT2D eigenvalue weighted by atomic mass is 9.83. The molecule has 164 valence electrons. The van der Waals surface area contributed by atoms with Gasteiger partial charge in [0.2, 0.25) is 11.8 Å². The fourth-order valence-corrected chi connectivity index (χ4v) is 4.51. The molecule has 0 amide bonds. The van der Waals surface area contributed by atoms with Crippen LogP contribution in [0, 0.1) is 6.92 Å². The van der Waals surface area contributed by atoms with Gasteiger partial charge >= 0.3 is 0 Å². The van der Waals surface area contributed by atoms with Crippen LogP contribution in [0.3, 0.4) is 0 Å². The second-order valence-corrected chi connectivity index (χ2v) is 8.73. The topological polar surface area (TPSA) is 85.3 Å². The Morgan fingerprint density at radius 3 is 2.68 bits per heavy atom. The van der Waals surface area contributed by atoms with Gasteiger partial charge in [0.1, 0.15) is 11.3 Å². The summed E-state index contributed by atoms with van der Waals surface area (Å²) in [7, 11) is 5.94. The Kier molecular flexibility index (Phi) is 5.02. The number of fused-ring (bicyclic) bond motifs is 2. The van der Waals surface area contributed by atoms with E-state index in [1.807, 2.05) is 38.3 Å². The van der Waals surface area contributed by atoms with Crippen LogP contribution in [-0.2, 0) is 30.4 Å². The molecule has 0 saturated carbocycles. The Hall–Kier alpha value is -2.78. The molecule has 5 rings (SSSR count). The molecule has 0 N–H and O–H groups in total. The molecule has 3 aromatic heterocycles. The van der Waals surface area contributed by atoms with E-state index in [9.17, 15) is 0 Å². The van der Waals surface area contributed by atoms with Crippen molar-refractivity contribution in [2.75, 3.05) is 38.7 Å². The molecule has 3 aromatic rings. The van der Waals surface area contributed by atoms with Gasteiger partial charge in [0.15, 0.2) is 0 Å². The van der Waals surface area contributed by atoms with Gasteiger partial charge in [-0.25, -0.2) is 9.97 Å². The lowest BCUT2D eigenvalue weighted by molar-refractivity contribution is -0.103. The smallest absolute Gasteiger partial charge is 0.264 e. The molecule has 2 aliphatic heterocycles. The fourth-order valence-electron chi connectivity index (χ4n) is 4.51. The van der Waals surface area contributed by atoms with E-state index in [1.54, 1.807) is 0 Å². The molecule has 0 radical (unpaired) electrons. The van der Waals surface area contributed by atoms with E-state index in [2.05, 4.69) is 37.6 Å². The van der Waals surface area contributed by atoms with Gasteiger partial charge in [0, 0.05) is 46.1 Å². The average molecular weight is 424 g/mol. The quantitative estimate of drug-likeness (QED) is 0.632. The number of ether oxygens (including phenoxy) is 1. The summed E-state index contributed by atoms with van der Waals surface area (Å²) in [5.74, 6) is 1.95. The van der Waals surface area contributed by atoms with Crippen molar-refractivity contribution in [2.45, 2.75) is 38.3 Å². The fraction of sp³-hybridized carbons (Fsp3) is 0.545. The standard InChI is InChI=1S/C22H29N7O2/c1-15-5-6-17(28(15)4)20-26-25-18(31-20)14-29-10-8-22(9-11-29)19-16(7-12-30-22)13-23-21(24-19)27(2)3/h5-6,13H,7-12,14H2,1-4H3. The predicted molar refractivity (Wildman–Crippen MR) is 116 cm³/mol. The van der Waals surface area contributed by atoms with Crippen LogP contribution in [0.5, 0.6) is 0 Å². The van der Waals surface area contributed by atoms with Crippen molar-refractivity contribution in [3.05, 3.63) is 41.2 Å². The van der Waals surface area contributed by atoms with Gasteiger partial charge in [-0.05, 0) is 43.9 Å². The molecule has 9 nitrogen and oxygen atoms in total. The molecule has 1 saturated heterocycles. The zero-order valence-corrected chi connectivity index (χ0v) is 18.6. The van der Waals surface area contributed by atoms with E-state index in [1.165, 1.54) is 5.56 Å². The number of likely N-dealkylation sites (tertiary alicyclic amines) is 1. The van der Waals surface area contributed by atoms with Crippen molar-refractivity contribution in [1.29, 1.82) is 0 Å². The van der Waals surface area contributed by atoms with Crippen molar-refractivity contribution in [3.63, 3.8) is 0 Å². The van der Waals surface area contributed by atoms with E-state index in [0.717, 1.165) is 62.0 Å². The number of aryl methyl sites for hydroxylation is 1. The molecular formula is C22H29N7O2. The van der Waals surface area contributed by atoms with Gasteiger partial charge in [-0.15, -0.1) is 10.2 Å². The molecule has 1 fully saturated rings. The predicted octanol–water partition coefficient (Wildman–Crippen LogP) is 2.30. The first-order chi connectivity index (χ1) is 14.9. The highest BCUT2D eigenvalue weighted by molar-refractivity contribution is 5.48. The number of rotatable bonds is 4. The summed E-state index contributed by atoms with van der Waals surface area (Å²) >= 11 is 0. The third-order valence-electron chi connectivity index (χ3n) is 6.51. The van der Waals surface area contributed by atoms with Crippen molar-refractivity contribution < 1.29 is 9.15 Å². The molecule has 0 bridgehead atoms. The van der Waals surface area contributed by atoms with Gasteiger partial charge in [0.05, 0.1) is 18.8 Å². The number of hydrogen-bond donors (Lipinski definition) is 0. The number of aromatic nitrogens is 5. The second-order valence-electron chi connectivity index (χ2n) is 8.73. The molecule has 0 atom stereocenters. The lowest BCUT2D eigenvalue weighted by Gasteiger charge is -2.43. The highest BCUT2D eigenvalue weighted by Gasteiger charge is 2.42. The van der Waals surface area contributed by atoms with Gasteiger partial charge in [-0.3, -0.25) is 4.90 Å². The van der Waals surface area contributed by atoms with Crippen LogP contribution in [0.1, 0.15) is 35.7 Å². The summed E-state index contributed by atoms with van der Waals surface area (Å²) in [4.78, 5) is 13.7. The second kappa shape index (κ2) is 7.72. The number of nitrogens with zero attached hydrogens (tertiary/aromatic N) is 7. The summed E-state index contributed by atoms with van der Waals surface area (Å²) in [5, 5.41) is 8.53. The zero-order valence-electron chi connectivity index (χ0n) is 18.6. The van der Waals surface area contributed by atoms with E-state index < -0.39 is 0 Å². The Morgan fingerprint density at radius 1 is 1.16 bits per heavy atom. The molecule has 0 unspecified atom stereocenters. The zero-order chi connectivity index (χ0) is 21.6. The van der Waals surface area contributed by atoms with Crippen molar-refractivity contribution in [3.8, 4) is 11.6 Å². The van der Waals surface area contributed by atoms with Crippen LogP contribution in [0.4, 0.5) is 5.95 Å². The van der Waals surface area contributed by atoms with E-state index in [-0.39, 0.29) is 5.60 Å². The van der Waals surface area contributed by atoms with Gasteiger partial charge < -0.3 is 18.6 Å². The van der Waals surface area contributed by atoms with E-state index in [0.29, 0.717) is 18.3 Å². The first kappa shape index (κ1) is 20.1. The summed E-state index contributed by atoms with van der Waals surface area (Å²) < 4.78 is 14.4. The number of anilines is 1. The van der Waals surface area contributed by atoms with Gasteiger partial charge in [0.25, 0.3) is 5.89 Å². The van der Waals surface area contributed by atoms with Crippen molar-refractivity contribution in [1.82, 2.24) is 29.6 Å². The number of hydrogen-bond acceptors (Lipinski definition) is 8. The number of piperidine rings is 1. The minimum Gasteiger partial charge on any atom is -0.418 e. The lowest BCUT2D eigenvalue weighted by Crippen LogP contribution is -2.47. The van der Waals surface area contributed by atoms with Gasteiger partial charge in [-0.2, -0.15) is 0 Å². The Balaban J connectivity index is 1.29. The normalized spacial score (nSPS) is 18.3. The monoisotopic (exact) mass is 423 g/mol. The molecule has 2 aliphatic rings. The minimum absolute atomic E-state index is 0.321. The minimum atomic E-state index is -0.321. The van der Waals surface area contributed by atoms with Gasteiger partial charge in [-0.1, -0.05) is 0 Å². The van der Waals surface area contributed by atoms with Crippen LogP contribution < -0.4 is 4.90 Å². The summed E-state index contributed by atoms with van der Waals surface area (Å²) in [6, 6.07) is 4.07. The van der Waals surface area contributed by atoms with Crippen LogP contribution in [0.15, 0.2) is 22.7 Å². The van der Waals surface area contributed by atoms with Crippen LogP contribution in [-0.4, -0.2) is 63.4 Å². The highest BCUT2D eigenvalue weighted by atomic mass is 16.5. The Labute approximate surface area is 182 Å².